The van der Waals surface area contributed by atoms with E-state index in [-0.39, 0.29) is 29.2 Å². The average Bonchev–Trinajstić information content (AvgIpc) is 3.18. The third-order valence-electron chi connectivity index (χ3n) is 5.53. The molecule has 1 unspecified atom stereocenters. The van der Waals surface area contributed by atoms with Crippen molar-refractivity contribution in [3.63, 3.8) is 0 Å². The number of carbonyl (C=O) groups is 2. The fourth-order valence-corrected chi connectivity index (χ4v) is 3.78. The van der Waals surface area contributed by atoms with Gasteiger partial charge in [-0.2, -0.15) is 0 Å². The van der Waals surface area contributed by atoms with Crippen molar-refractivity contribution in [3.05, 3.63) is 59.5 Å². The molecular weight excluding hydrogens is 383 g/mol. The fourth-order valence-electron chi connectivity index (χ4n) is 3.78. The molecule has 160 valence electrons. The number of nitrogens with one attached hydrogen (secondary N) is 1. The summed E-state index contributed by atoms with van der Waals surface area (Å²) >= 11 is 0. The lowest BCUT2D eigenvalue weighted by atomic mass is 9.95. The van der Waals surface area contributed by atoms with Gasteiger partial charge in [0, 0.05) is 38.8 Å². The van der Waals surface area contributed by atoms with Crippen LogP contribution in [0.2, 0.25) is 0 Å². The number of nitrogens with zero attached hydrogens (tertiary/aromatic N) is 3. The minimum atomic E-state index is -0.296. The minimum Gasteiger partial charge on any atom is -0.365 e. The van der Waals surface area contributed by atoms with Gasteiger partial charge >= 0.3 is 0 Å². The number of likely N-dealkylation sites (tertiary alicyclic amines) is 1. The Labute approximate surface area is 177 Å². The van der Waals surface area contributed by atoms with E-state index in [0.717, 1.165) is 12.0 Å². The molecule has 1 aromatic carbocycles. The van der Waals surface area contributed by atoms with E-state index >= 15 is 0 Å². The van der Waals surface area contributed by atoms with Crippen molar-refractivity contribution in [2.45, 2.75) is 45.2 Å². The highest BCUT2D eigenvalue weighted by molar-refractivity contribution is 5.94. The first-order valence-corrected chi connectivity index (χ1v) is 10.2. The Hall–Kier alpha value is -2.96. The summed E-state index contributed by atoms with van der Waals surface area (Å²) in [5, 5.41) is 3.38. The molecule has 1 fully saturated rings. The maximum atomic E-state index is 13.1. The molecule has 3 rings (SSSR count). The lowest BCUT2D eigenvalue weighted by Crippen LogP contribution is -2.39. The van der Waals surface area contributed by atoms with Gasteiger partial charge in [0.05, 0.1) is 11.6 Å². The highest BCUT2D eigenvalue weighted by atomic mass is 19.1. The first-order valence-electron chi connectivity index (χ1n) is 10.2. The fraction of sp³-hybridized carbons (Fsp3) is 0.435. The molecule has 0 bridgehead atoms. The predicted molar refractivity (Wildman–Crippen MR) is 115 cm³/mol. The van der Waals surface area contributed by atoms with Crippen LogP contribution >= 0.6 is 0 Å². The number of aromatic nitrogens is 1. The van der Waals surface area contributed by atoms with Crippen LogP contribution in [0.15, 0.2) is 42.6 Å². The molecule has 7 heteroatoms. The number of anilines is 1. The van der Waals surface area contributed by atoms with E-state index in [1.807, 2.05) is 13.8 Å². The summed E-state index contributed by atoms with van der Waals surface area (Å²) in [5.41, 5.74) is 1.26. The zero-order valence-electron chi connectivity index (χ0n) is 18.0. The van der Waals surface area contributed by atoms with Crippen molar-refractivity contribution in [2.24, 2.45) is 0 Å². The lowest BCUT2D eigenvalue weighted by Gasteiger charge is -2.27. The Morgan fingerprint density at radius 2 is 1.93 bits per heavy atom. The Kier molecular flexibility index (Phi) is 6.39. The molecule has 0 spiro atoms. The average molecular weight is 413 g/mol. The maximum absolute atomic E-state index is 13.1. The Morgan fingerprint density at radius 1 is 1.23 bits per heavy atom. The maximum Gasteiger partial charge on any atom is 0.255 e. The summed E-state index contributed by atoms with van der Waals surface area (Å²) in [6.45, 7) is 6.81. The monoisotopic (exact) mass is 412 g/mol. The van der Waals surface area contributed by atoms with Gasteiger partial charge < -0.3 is 15.1 Å². The molecule has 6 nitrogen and oxygen atoms in total. The number of benzene rings is 1. The molecule has 1 N–H and O–H groups in total. The topological polar surface area (TPSA) is 65.5 Å². The van der Waals surface area contributed by atoms with Crippen molar-refractivity contribution < 1.29 is 14.0 Å². The van der Waals surface area contributed by atoms with E-state index < -0.39 is 0 Å². The number of pyridine rings is 1. The molecule has 30 heavy (non-hydrogen) atoms. The van der Waals surface area contributed by atoms with Crippen molar-refractivity contribution in [2.75, 3.05) is 25.5 Å². The molecule has 0 radical (unpaired) electrons. The van der Waals surface area contributed by atoms with Crippen molar-refractivity contribution in [3.8, 4) is 0 Å². The van der Waals surface area contributed by atoms with E-state index in [0.29, 0.717) is 30.9 Å². The van der Waals surface area contributed by atoms with Crippen LogP contribution < -0.4 is 5.32 Å². The number of amides is 2. The summed E-state index contributed by atoms with van der Waals surface area (Å²) in [4.78, 5) is 32.2. The van der Waals surface area contributed by atoms with Gasteiger partial charge in [-0.1, -0.05) is 12.1 Å². The number of carbonyl (C=O) groups excluding carboxylic acids is 2. The number of rotatable bonds is 6. The first-order chi connectivity index (χ1) is 14.1. The summed E-state index contributed by atoms with van der Waals surface area (Å²) < 4.78 is 13.1. The van der Waals surface area contributed by atoms with Gasteiger partial charge in [0.25, 0.3) is 5.91 Å². The van der Waals surface area contributed by atoms with E-state index in [4.69, 9.17) is 0 Å². The number of hydrogen-bond donors (Lipinski definition) is 1. The second-order valence-electron chi connectivity index (χ2n) is 8.57. The van der Waals surface area contributed by atoms with Crippen LogP contribution in [0.3, 0.4) is 0 Å². The van der Waals surface area contributed by atoms with Gasteiger partial charge in [-0.05, 0) is 56.5 Å². The Balaban J connectivity index is 1.59. The lowest BCUT2D eigenvalue weighted by molar-refractivity contribution is -0.129. The number of hydrogen-bond acceptors (Lipinski definition) is 4. The second-order valence-corrected chi connectivity index (χ2v) is 8.57. The van der Waals surface area contributed by atoms with Crippen LogP contribution in [-0.4, -0.2) is 58.3 Å². The van der Waals surface area contributed by atoms with Crippen LogP contribution in [-0.2, 0) is 11.2 Å². The molecule has 1 atom stereocenters. The highest BCUT2D eigenvalue weighted by Crippen LogP contribution is 2.21. The van der Waals surface area contributed by atoms with Gasteiger partial charge in [-0.15, -0.1) is 0 Å². The molecule has 2 amide bonds. The van der Waals surface area contributed by atoms with Crippen molar-refractivity contribution in [1.29, 1.82) is 0 Å². The zero-order valence-corrected chi connectivity index (χ0v) is 18.0. The third-order valence-corrected chi connectivity index (χ3v) is 5.53. The molecular formula is C23H29FN4O2. The molecule has 2 aromatic rings. The standard InChI is InChI=1S/C23H29FN4O2/c1-16(29)27(4)20-11-12-28(15-20)22(30)18-7-10-21(25-14-18)26-23(2,3)13-17-5-8-19(24)9-6-17/h5-10,14,20H,11-13,15H2,1-4H3,(H,25,26). The van der Waals surface area contributed by atoms with E-state index in [2.05, 4.69) is 10.3 Å². The van der Waals surface area contributed by atoms with Crippen LogP contribution in [0, 0.1) is 5.82 Å². The molecule has 1 aliphatic heterocycles. The van der Waals surface area contributed by atoms with Crippen LogP contribution in [0.4, 0.5) is 10.2 Å². The SMILES string of the molecule is CC(=O)N(C)C1CCN(C(=O)c2ccc(NC(C)(C)Cc3ccc(F)cc3)nc2)C1. The van der Waals surface area contributed by atoms with Crippen molar-refractivity contribution >= 4 is 17.6 Å². The van der Waals surface area contributed by atoms with E-state index in [9.17, 15) is 14.0 Å². The summed E-state index contributed by atoms with van der Waals surface area (Å²) in [6, 6.07) is 10.1. The summed E-state index contributed by atoms with van der Waals surface area (Å²) in [5.74, 6) is 0.367. The summed E-state index contributed by atoms with van der Waals surface area (Å²) in [6.07, 6.45) is 3.07. The molecule has 1 aliphatic rings. The summed E-state index contributed by atoms with van der Waals surface area (Å²) in [7, 11) is 1.77. The van der Waals surface area contributed by atoms with Gasteiger partial charge in [0.2, 0.25) is 5.91 Å². The van der Waals surface area contributed by atoms with Crippen LogP contribution in [0.1, 0.15) is 43.1 Å². The Bertz CT molecular complexity index is 896. The largest absolute Gasteiger partial charge is 0.365 e. The van der Waals surface area contributed by atoms with E-state index in [1.54, 1.807) is 47.3 Å². The van der Waals surface area contributed by atoms with Gasteiger partial charge in [-0.3, -0.25) is 9.59 Å². The molecule has 2 heterocycles. The predicted octanol–water partition coefficient (Wildman–Crippen LogP) is 3.35. The van der Waals surface area contributed by atoms with E-state index in [1.165, 1.54) is 19.1 Å². The van der Waals surface area contributed by atoms with Gasteiger partial charge in [0.15, 0.2) is 0 Å². The smallest absolute Gasteiger partial charge is 0.255 e. The molecule has 0 aliphatic carbocycles. The number of likely N-dealkylation sites (N-methyl/N-ethyl adjacent to an activating group) is 1. The normalized spacial score (nSPS) is 16.4. The molecule has 1 saturated heterocycles. The minimum absolute atomic E-state index is 0.00893. The second kappa shape index (κ2) is 8.81. The molecule has 0 saturated carbocycles. The van der Waals surface area contributed by atoms with Crippen LogP contribution in [0.25, 0.3) is 0 Å². The zero-order chi connectivity index (χ0) is 21.9. The van der Waals surface area contributed by atoms with Gasteiger partial charge in [-0.25, -0.2) is 9.37 Å². The highest BCUT2D eigenvalue weighted by Gasteiger charge is 2.30. The molecule has 1 aromatic heterocycles. The Morgan fingerprint density at radius 3 is 2.53 bits per heavy atom. The third kappa shape index (κ3) is 5.34. The van der Waals surface area contributed by atoms with Gasteiger partial charge in [0.1, 0.15) is 11.6 Å². The van der Waals surface area contributed by atoms with Crippen molar-refractivity contribution in [1.82, 2.24) is 14.8 Å². The van der Waals surface area contributed by atoms with Crippen LogP contribution in [0.5, 0.6) is 0 Å². The first kappa shape index (κ1) is 21.7. The number of halogens is 1. The quantitative estimate of drug-likeness (QED) is 0.790.